The van der Waals surface area contributed by atoms with E-state index in [9.17, 15) is 14.9 Å². The van der Waals surface area contributed by atoms with Crippen LogP contribution in [0.3, 0.4) is 0 Å². The van der Waals surface area contributed by atoms with E-state index in [1.807, 2.05) is 128 Å². The van der Waals surface area contributed by atoms with Gasteiger partial charge in [-0.2, -0.15) is 5.26 Å². The zero-order valence-corrected chi connectivity index (χ0v) is 25.2. The van der Waals surface area contributed by atoms with Gasteiger partial charge < -0.3 is 9.88 Å². The maximum absolute atomic E-state index is 14.2. The molecule has 7 nitrogen and oxygen atoms in total. The number of rotatable bonds is 6. The fourth-order valence-electron chi connectivity index (χ4n) is 5.90. The fraction of sp³-hybridized carbons (Fsp3) is 0.0811. The van der Waals surface area contributed by atoms with Crippen molar-refractivity contribution in [1.29, 1.82) is 5.26 Å². The van der Waals surface area contributed by atoms with Gasteiger partial charge in [-0.15, -0.1) is 0 Å². The highest BCUT2D eigenvalue weighted by Gasteiger charge is 2.32. The minimum absolute atomic E-state index is 0.211. The summed E-state index contributed by atoms with van der Waals surface area (Å²) in [6.45, 7) is 2.34. The van der Waals surface area contributed by atoms with Crippen molar-refractivity contribution >= 4 is 39.9 Å². The van der Waals surface area contributed by atoms with E-state index in [2.05, 4.69) is 16.0 Å². The smallest absolute Gasteiger partial charge is 0.271 e. The van der Waals surface area contributed by atoms with Crippen molar-refractivity contribution in [2.45, 2.75) is 19.5 Å². The van der Waals surface area contributed by atoms with Crippen molar-refractivity contribution in [3.8, 4) is 6.07 Å². The second kappa shape index (κ2) is 11.7. The van der Waals surface area contributed by atoms with Gasteiger partial charge in [-0.25, -0.2) is 4.99 Å². The number of hydrogen-bond donors (Lipinski definition) is 1. The number of amides is 1. The van der Waals surface area contributed by atoms with Crippen molar-refractivity contribution < 1.29 is 4.79 Å². The highest BCUT2D eigenvalue weighted by molar-refractivity contribution is 7.07. The molecule has 0 aliphatic carbocycles. The Balaban J connectivity index is 1.35. The molecule has 8 heteroatoms. The topological polar surface area (TPSA) is 92.2 Å². The summed E-state index contributed by atoms with van der Waals surface area (Å²) in [5.74, 6) is -0.300. The second-order valence-electron chi connectivity index (χ2n) is 10.8. The Morgan fingerprint density at radius 1 is 0.956 bits per heavy atom. The lowest BCUT2D eigenvalue weighted by Gasteiger charge is -2.25. The number of carbonyl (C=O) groups excluding carboxylic acids is 1. The van der Waals surface area contributed by atoms with Crippen LogP contribution >= 0.6 is 11.3 Å². The summed E-state index contributed by atoms with van der Waals surface area (Å²) >= 11 is 1.31. The SMILES string of the molecule is CC1=C(C(=O)Nc2ccccc2)[C@H](c2ccccc2)n2c(s/c(=C\c3cn(Cc4ccccc4C#N)c4ccccc34)c2=O)=N1. The molecule has 0 bridgehead atoms. The Bertz CT molecular complexity index is 2340. The summed E-state index contributed by atoms with van der Waals surface area (Å²) in [6.07, 6.45) is 3.93. The molecule has 1 aliphatic rings. The van der Waals surface area contributed by atoms with Gasteiger partial charge in [0.1, 0.15) is 0 Å². The molecule has 0 fully saturated rings. The molecule has 0 saturated heterocycles. The summed E-state index contributed by atoms with van der Waals surface area (Å²) in [7, 11) is 0. The average Bonchev–Trinajstić information content (AvgIpc) is 3.57. The van der Waals surface area contributed by atoms with Gasteiger partial charge in [0, 0.05) is 34.9 Å². The minimum Gasteiger partial charge on any atom is -0.342 e. The fourth-order valence-corrected chi connectivity index (χ4v) is 6.93. The molecule has 0 radical (unpaired) electrons. The highest BCUT2D eigenvalue weighted by atomic mass is 32.1. The molecule has 6 aromatic rings. The molecule has 3 heterocycles. The molecule has 1 atom stereocenters. The van der Waals surface area contributed by atoms with E-state index in [1.165, 1.54) is 11.3 Å². The van der Waals surface area contributed by atoms with Crippen LogP contribution in [0.5, 0.6) is 0 Å². The molecule has 7 rings (SSSR count). The number of carbonyl (C=O) groups is 1. The quantitative estimate of drug-likeness (QED) is 0.262. The number of nitriles is 1. The van der Waals surface area contributed by atoms with E-state index >= 15 is 0 Å². The molecule has 45 heavy (non-hydrogen) atoms. The van der Waals surface area contributed by atoms with Gasteiger partial charge >= 0.3 is 0 Å². The Hall–Kier alpha value is -5.78. The first-order chi connectivity index (χ1) is 22.0. The van der Waals surface area contributed by atoms with E-state index in [0.717, 1.165) is 27.6 Å². The Kier molecular flexibility index (Phi) is 7.30. The van der Waals surface area contributed by atoms with Crippen LogP contribution in [0.4, 0.5) is 5.69 Å². The van der Waals surface area contributed by atoms with Gasteiger partial charge in [-0.05, 0) is 48.4 Å². The van der Waals surface area contributed by atoms with Crippen molar-refractivity contribution in [1.82, 2.24) is 9.13 Å². The van der Waals surface area contributed by atoms with Crippen LogP contribution in [0.15, 0.2) is 136 Å². The van der Waals surface area contributed by atoms with Crippen molar-refractivity contribution in [3.63, 3.8) is 0 Å². The average molecular weight is 606 g/mol. The van der Waals surface area contributed by atoms with E-state index < -0.39 is 6.04 Å². The third-order valence-electron chi connectivity index (χ3n) is 8.00. The van der Waals surface area contributed by atoms with E-state index in [4.69, 9.17) is 4.99 Å². The normalized spacial score (nSPS) is 14.6. The highest BCUT2D eigenvalue weighted by Crippen LogP contribution is 2.31. The number of nitrogens with zero attached hydrogens (tertiary/aromatic N) is 4. The lowest BCUT2D eigenvalue weighted by atomic mass is 9.95. The van der Waals surface area contributed by atoms with Crippen LogP contribution in [0.25, 0.3) is 17.0 Å². The van der Waals surface area contributed by atoms with E-state index in [1.54, 1.807) is 4.57 Å². The number of nitrogens with one attached hydrogen (secondary N) is 1. The second-order valence-corrected chi connectivity index (χ2v) is 11.8. The number of thiazole rings is 1. The van der Waals surface area contributed by atoms with Gasteiger partial charge in [-0.1, -0.05) is 96.3 Å². The summed E-state index contributed by atoms with van der Waals surface area (Å²) < 4.78 is 4.27. The standard InChI is InChI=1S/C37H27N5O2S/c1-24-33(35(43)40-29-16-6-3-7-17-29)34(25-12-4-2-5-13-25)42-36(44)32(45-37(42)39-24)20-28-23-41(31-19-11-10-18-30(28)31)22-27-15-9-8-14-26(27)21-38/h2-20,23,34H,22H2,1H3,(H,40,43)/b32-20-/t34-/m0/s1. The molecule has 1 N–H and O–H groups in total. The molecule has 0 saturated carbocycles. The monoisotopic (exact) mass is 605 g/mol. The summed E-state index contributed by atoms with van der Waals surface area (Å²) in [5.41, 5.74) is 5.72. The maximum Gasteiger partial charge on any atom is 0.271 e. The van der Waals surface area contributed by atoms with Crippen LogP contribution in [0.2, 0.25) is 0 Å². The molecule has 1 aliphatic heterocycles. The van der Waals surface area contributed by atoms with Crippen LogP contribution in [0, 0.1) is 11.3 Å². The first-order valence-corrected chi connectivity index (χ1v) is 15.3. The first-order valence-electron chi connectivity index (χ1n) is 14.5. The van der Waals surface area contributed by atoms with Crippen LogP contribution < -0.4 is 20.2 Å². The lowest BCUT2D eigenvalue weighted by molar-refractivity contribution is -0.113. The molecule has 1 amide bonds. The molecule has 218 valence electrons. The van der Waals surface area contributed by atoms with Crippen LogP contribution in [-0.4, -0.2) is 15.0 Å². The van der Waals surface area contributed by atoms with E-state index in [0.29, 0.717) is 38.4 Å². The van der Waals surface area contributed by atoms with Gasteiger partial charge in [0.15, 0.2) is 4.80 Å². The Morgan fingerprint density at radius 3 is 2.42 bits per heavy atom. The van der Waals surface area contributed by atoms with Crippen LogP contribution in [0.1, 0.15) is 35.2 Å². The van der Waals surface area contributed by atoms with Crippen LogP contribution in [-0.2, 0) is 11.3 Å². The Morgan fingerprint density at radius 2 is 1.64 bits per heavy atom. The molecular formula is C37H27N5O2S. The maximum atomic E-state index is 14.2. The number of benzene rings is 4. The molecule has 0 spiro atoms. The number of hydrogen-bond acceptors (Lipinski definition) is 5. The summed E-state index contributed by atoms with van der Waals surface area (Å²) in [4.78, 5) is 33.3. The van der Waals surface area contributed by atoms with Gasteiger partial charge in [0.05, 0.1) is 33.5 Å². The van der Waals surface area contributed by atoms with Crippen molar-refractivity contribution in [3.05, 3.63) is 169 Å². The first kappa shape index (κ1) is 28.0. The number of para-hydroxylation sites is 2. The van der Waals surface area contributed by atoms with Crippen molar-refractivity contribution in [2.24, 2.45) is 4.99 Å². The number of anilines is 1. The number of fused-ring (bicyclic) bond motifs is 2. The lowest BCUT2D eigenvalue weighted by Crippen LogP contribution is -2.40. The largest absolute Gasteiger partial charge is 0.342 e. The van der Waals surface area contributed by atoms with Crippen molar-refractivity contribution in [2.75, 3.05) is 5.32 Å². The van der Waals surface area contributed by atoms with Gasteiger partial charge in [0.25, 0.3) is 11.5 Å². The zero-order chi connectivity index (χ0) is 30.9. The summed E-state index contributed by atoms with van der Waals surface area (Å²) in [5, 5.41) is 13.6. The van der Waals surface area contributed by atoms with Gasteiger partial charge in [0.2, 0.25) is 0 Å². The molecule has 0 unspecified atom stereocenters. The zero-order valence-electron chi connectivity index (χ0n) is 24.3. The molecule has 4 aromatic carbocycles. The minimum atomic E-state index is -0.642. The molecular weight excluding hydrogens is 579 g/mol. The third kappa shape index (κ3) is 5.20. The number of aromatic nitrogens is 2. The molecule has 2 aromatic heterocycles. The summed E-state index contributed by atoms with van der Waals surface area (Å²) in [6, 6.07) is 36.1. The predicted octanol–water partition coefficient (Wildman–Crippen LogP) is 5.75. The Labute approximate surface area is 263 Å². The van der Waals surface area contributed by atoms with Gasteiger partial charge in [-0.3, -0.25) is 14.2 Å². The number of allylic oxidation sites excluding steroid dienone is 1. The predicted molar refractivity (Wildman–Crippen MR) is 177 cm³/mol. The van der Waals surface area contributed by atoms with E-state index in [-0.39, 0.29) is 11.5 Å². The third-order valence-corrected chi connectivity index (χ3v) is 8.98.